The van der Waals surface area contributed by atoms with Crippen LogP contribution in [0.15, 0.2) is 96.1 Å². The summed E-state index contributed by atoms with van der Waals surface area (Å²) in [5, 5.41) is 8.19. The number of carbonyl (C=O) groups excluding carboxylic acids is 3. The molecule has 212 valence electrons. The van der Waals surface area contributed by atoms with Gasteiger partial charge in [0.2, 0.25) is 6.17 Å². The minimum atomic E-state index is -1.36. The highest BCUT2D eigenvalue weighted by Crippen LogP contribution is 2.33. The lowest BCUT2D eigenvalue weighted by Crippen LogP contribution is -2.44. The number of nitrogens with one attached hydrogen (secondary N) is 3. The van der Waals surface area contributed by atoms with Crippen LogP contribution in [0.3, 0.4) is 0 Å². The molecule has 3 amide bonds. The highest BCUT2D eigenvalue weighted by molar-refractivity contribution is 6.15. The van der Waals surface area contributed by atoms with Crippen LogP contribution in [0, 0.1) is 12.7 Å². The number of halogens is 1. The molecule has 0 saturated carbocycles. The number of methoxy groups -OCH3 is 1. The van der Waals surface area contributed by atoms with Gasteiger partial charge < -0.3 is 20.7 Å². The first-order valence-corrected chi connectivity index (χ1v) is 13.2. The van der Waals surface area contributed by atoms with Gasteiger partial charge in [-0.05, 0) is 60.9 Å². The zero-order valence-electron chi connectivity index (χ0n) is 22.9. The predicted octanol–water partition coefficient (Wildman–Crippen LogP) is 5.23. The molecule has 2 heterocycles. The zero-order chi connectivity index (χ0) is 29.6. The first-order chi connectivity index (χ1) is 20.3. The number of hydrogen-bond donors (Lipinski definition) is 3. The Labute approximate surface area is 241 Å². The number of rotatable bonds is 7. The number of ether oxygens (including phenoxy) is 1. The van der Waals surface area contributed by atoms with Crippen molar-refractivity contribution in [2.75, 3.05) is 17.7 Å². The van der Waals surface area contributed by atoms with Gasteiger partial charge in [-0.2, -0.15) is 0 Å². The van der Waals surface area contributed by atoms with E-state index in [9.17, 15) is 18.8 Å². The van der Waals surface area contributed by atoms with E-state index < -0.39 is 35.8 Å². The normalized spacial score (nSPS) is 14.9. The largest absolute Gasteiger partial charge is 0.465 e. The van der Waals surface area contributed by atoms with Crippen molar-refractivity contribution in [2.24, 2.45) is 4.99 Å². The standard InChI is InChI=1S/C32H28FN5O4/c1-19-9-7-11-21(17-19)35-32(41)38-29-30(39)36-26-15-6-4-12-22(26)28(37-29)24(18-20-10-3-5-14-25(20)33)27-23(31(40)42-2)13-8-16-34-27/h3-17,24,29H,18H2,1-2H3,(H,36,39)(H2,35,38,41)/t24?,29-/m0/s1. The number of hydrogen-bond acceptors (Lipinski definition) is 6. The summed E-state index contributed by atoms with van der Waals surface area (Å²) < 4.78 is 20.0. The van der Waals surface area contributed by atoms with E-state index >= 15 is 0 Å². The van der Waals surface area contributed by atoms with Crippen molar-refractivity contribution >= 4 is 35.0 Å². The van der Waals surface area contributed by atoms with Crippen LogP contribution in [0.1, 0.15) is 38.7 Å². The van der Waals surface area contributed by atoms with E-state index in [1.807, 2.05) is 13.0 Å². The van der Waals surface area contributed by atoms with E-state index in [4.69, 9.17) is 9.73 Å². The summed E-state index contributed by atoms with van der Waals surface area (Å²) in [7, 11) is 1.26. The highest BCUT2D eigenvalue weighted by atomic mass is 19.1. The number of para-hydroxylation sites is 1. The predicted molar refractivity (Wildman–Crippen MR) is 157 cm³/mol. The molecule has 3 aromatic carbocycles. The van der Waals surface area contributed by atoms with E-state index in [1.165, 1.54) is 19.4 Å². The molecule has 1 aliphatic heterocycles. The van der Waals surface area contributed by atoms with Crippen molar-refractivity contribution in [2.45, 2.75) is 25.4 Å². The van der Waals surface area contributed by atoms with E-state index in [2.05, 4.69) is 20.9 Å². The number of benzodiazepines with no additional fused rings is 1. The summed E-state index contributed by atoms with van der Waals surface area (Å²) in [5.41, 5.74) is 3.62. The van der Waals surface area contributed by atoms with Crippen LogP contribution < -0.4 is 16.0 Å². The Balaban J connectivity index is 1.63. The summed E-state index contributed by atoms with van der Waals surface area (Å²) in [6, 6.07) is 23.0. The molecule has 3 N–H and O–H groups in total. The first kappa shape index (κ1) is 28.2. The number of benzene rings is 3. The average molecular weight is 566 g/mol. The van der Waals surface area contributed by atoms with Gasteiger partial charge >= 0.3 is 12.0 Å². The Hall–Kier alpha value is -5.38. The van der Waals surface area contributed by atoms with Crippen molar-refractivity contribution in [1.82, 2.24) is 10.3 Å². The average Bonchev–Trinajstić information content (AvgIpc) is 3.12. The molecule has 0 radical (unpaired) electrons. The second-order valence-electron chi connectivity index (χ2n) is 9.70. The zero-order valence-corrected chi connectivity index (χ0v) is 22.9. The number of urea groups is 1. The fourth-order valence-electron chi connectivity index (χ4n) is 4.86. The lowest BCUT2D eigenvalue weighted by atomic mass is 9.85. The third-order valence-corrected chi connectivity index (χ3v) is 6.81. The number of aromatic nitrogens is 1. The van der Waals surface area contributed by atoms with Crippen molar-refractivity contribution in [3.8, 4) is 0 Å². The smallest absolute Gasteiger partial charge is 0.339 e. The van der Waals surface area contributed by atoms with Crippen molar-refractivity contribution in [3.63, 3.8) is 0 Å². The minimum Gasteiger partial charge on any atom is -0.465 e. The molecule has 0 saturated heterocycles. The van der Waals surface area contributed by atoms with Crippen LogP contribution in [0.4, 0.5) is 20.6 Å². The maximum Gasteiger partial charge on any atom is 0.339 e. The summed E-state index contributed by atoms with van der Waals surface area (Å²) in [4.78, 5) is 48.4. The number of amides is 3. The number of carbonyl (C=O) groups is 3. The number of esters is 1. The molecule has 9 nitrogen and oxygen atoms in total. The van der Waals surface area contributed by atoms with Crippen LogP contribution in [0.5, 0.6) is 0 Å². The lowest BCUT2D eigenvalue weighted by Gasteiger charge is -2.23. The summed E-state index contributed by atoms with van der Waals surface area (Å²) >= 11 is 0. The van der Waals surface area contributed by atoms with Gasteiger partial charge in [-0.15, -0.1) is 0 Å². The summed E-state index contributed by atoms with van der Waals surface area (Å²) in [5.74, 6) is -2.45. The number of anilines is 2. The Morgan fingerprint density at radius 2 is 1.81 bits per heavy atom. The molecule has 0 spiro atoms. The molecule has 1 aliphatic rings. The monoisotopic (exact) mass is 565 g/mol. The van der Waals surface area contributed by atoms with E-state index in [0.717, 1.165) is 5.56 Å². The fraction of sp³-hybridized carbons (Fsp3) is 0.156. The molecule has 0 bridgehead atoms. The third kappa shape index (κ3) is 6.17. The maximum atomic E-state index is 15.0. The molecule has 1 aromatic heterocycles. The number of pyridine rings is 1. The van der Waals surface area contributed by atoms with Gasteiger partial charge in [0, 0.05) is 29.1 Å². The van der Waals surface area contributed by atoms with E-state index in [-0.39, 0.29) is 12.0 Å². The molecular formula is C32H28FN5O4. The minimum absolute atomic E-state index is 0.0528. The van der Waals surface area contributed by atoms with Gasteiger partial charge in [0.25, 0.3) is 5.91 Å². The van der Waals surface area contributed by atoms with Crippen LogP contribution in [0.2, 0.25) is 0 Å². The van der Waals surface area contributed by atoms with Gasteiger partial charge in [0.05, 0.1) is 24.1 Å². The molecular weight excluding hydrogens is 537 g/mol. The molecule has 42 heavy (non-hydrogen) atoms. The highest BCUT2D eigenvalue weighted by Gasteiger charge is 2.34. The van der Waals surface area contributed by atoms with Gasteiger partial charge in [-0.1, -0.05) is 48.5 Å². The molecule has 2 atom stereocenters. The fourth-order valence-corrected chi connectivity index (χ4v) is 4.86. The molecule has 10 heteroatoms. The van der Waals surface area contributed by atoms with Crippen LogP contribution in [0.25, 0.3) is 0 Å². The molecule has 0 fully saturated rings. The number of aliphatic imine (C=N–C) groups is 1. The Morgan fingerprint density at radius 3 is 2.60 bits per heavy atom. The second-order valence-corrected chi connectivity index (χ2v) is 9.70. The van der Waals surface area contributed by atoms with E-state index in [0.29, 0.717) is 33.9 Å². The number of aryl methyl sites for hydroxylation is 1. The van der Waals surface area contributed by atoms with Crippen molar-refractivity contribution in [3.05, 3.63) is 125 Å². The number of nitrogens with zero attached hydrogens (tertiary/aromatic N) is 2. The van der Waals surface area contributed by atoms with Gasteiger partial charge in [0.15, 0.2) is 0 Å². The molecule has 5 rings (SSSR count). The summed E-state index contributed by atoms with van der Waals surface area (Å²) in [6.45, 7) is 1.89. The van der Waals surface area contributed by atoms with Crippen molar-refractivity contribution < 1.29 is 23.5 Å². The molecule has 1 unspecified atom stereocenters. The Morgan fingerprint density at radius 1 is 1.02 bits per heavy atom. The van der Waals surface area contributed by atoms with Gasteiger partial charge in [-0.25, -0.2) is 14.0 Å². The maximum absolute atomic E-state index is 15.0. The Kier molecular flexibility index (Phi) is 8.33. The SMILES string of the molecule is COC(=O)c1cccnc1C(Cc1ccccc1F)C1=N[C@@H](NC(=O)Nc2cccc(C)c2)C(=O)Nc2ccccc21. The third-order valence-electron chi connectivity index (χ3n) is 6.81. The van der Waals surface area contributed by atoms with Gasteiger partial charge in [-0.3, -0.25) is 14.8 Å². The first-order valence-electron chi connectivity index (χ1n) is 13.2. The van der Waals surface area contributed by atoms with Crippen molar-refractivity contribution in [1.29, 1.82) is 0 Å². The second kappa shape index (κ2) is 12.4. The Bertz CT molecular complexity index is 1690. The quantitative estimate of drug-likeness (QED) is 0.265. The number of fused-ring (bicyclic) bond motifs is 1. The van der Waals surface area contributed by atoms with E-state index in [1.54, 1.807) is 72.8 Å². The molecule has 0 aliphatic carbocycles. The van der Waals surface area contributed by atoms with Crippen LogP contribution >= 0.6 is 0 Å². The lowest BCUT2D eigenvalue weighted by molar-refractivity contribution is -0.117. The summed E-state index contributed by atoms with van der Waals surface area (Å²) in [6.07, 6.45) is 0.218. The van der Waals surface area contributed by atoms with Gasteiger partial charge in [0.1, 0.15) is 5.82 Å². The van der Waals surface area contributed by atoms with Crippen LogP contribution in [-0.4, -0.2) is 41.9 Å². The van der Waals surface area contributed by atoms with Crippen LogP contribution in [-0.2, 0) is 16.0 Å². The topological polar surface area (TPSA) is 122 Å². The molecule has 4 aromatic rings.